The summed E-state index contributed by atoms with van der Waals surface area (Å²) in [6.45, 7) is 1.53. The number of carbonyl (C=O) groups excluding carboxylic acids is 1. The van der Waals surface area contributed by atoms with E-state index in [-0.39, 0.29) is 17.2 Å². The molecule has 0 aliphatic heterocycles. The Bertz CT molecular complexity index is 1210. The van der Waals surface area contributed by atoms with Crippen molar-refractivity contribution in [2.45, 2.75) is 6.92 Å². The summed E-state index contributed by atoms with van der Waals surface area (Å²) < 4.78 is 31.2. The van der Waals surface area contributed by atoms with Crippen molar-refractivity contribution in [2.24, 2.45) is 0 Å². The predicted molar refractivity (Wildman–Crippen MR) is 114 cm³/mol. The molecule has 8 nitrogen and oxygen atoms in total. The number of para-hydroxylation sites is 1. The Morgan fingerprint density at radius 1 is 1.10 bits per heavy atom. The van der Waals surface area contributed by atoms with Crippen molar-refractivity contribution < 1.29 is 22.6 Å². The van der Waals surface area contributed by atoms with Crippen LogP contribution in [0.15, 0.2) is 71.2 Å². The number of anilines is 1. The van der Waals surface area contributed by atoms with Gasteiger partial charge in [-0.3, -0.25) is 19.6 Å². The van der Waals surface area contributed by atoms with Crippen LogP contribution in [0.2, 0.25) is 0 Å². The third kappa shape index (κ3) is 5.00. The Balaban J connectivity index is 1.73. The highest BCUT2D eigenvalue weighted by atomic mass is 32.2. The highest BCUT2D eigenvalue weighted by Crippen LogP contribution is 2.31. The molecule has 0 atom stereocenters. The van der Waals surface area contributed by atoms with Crippen LogP contribution in [0.5, 0.6) is 0 Å². The molecule has 0 fully saturated rings. The number of sulfonamides is 1. The smallest absolute Gasteiger partial charge is 0.280 e. The molecule has 0 bridgehead atoms. The molecule has 1 N–H and O–H groups in total. The molecule has 30 heavy (non-hydrogen) atoms. The number of hydrogen-bond donors (Lipinski definition) is 1. The minimum Gasteiger partial charge on any atom is -0.456 e. The van der Waals surface area contributed by atoms with Gasteiger partial charge in [-0.1, -0.05) is 12.1 Å². The van der Waals surface area contributed by atoms with Crippen molar-refractivity contribution in [3.05, 3.63) is 88.2 Å². The van der Waals surface area contributed by atoms with Crippen molar-refractivity contribution in [2.75, 3.05) is 10.5 Å². The molecule has 154 valence electrons. The lowest BCUT2D eigenvalue weighted by atomic mass is 10.1. The average Bonchev–Trinajstić information content (AvgIpc) is 3.21. The van der Waals surface area contributed by atoms with Gasteiger partial charge in [-0.25, -0.2) is 8.42 Å². The quantitative estimate of drug-likeness (QED) is 0.245. The first-order valence-electron chi connectivity index (χ1n) is 8.95. The van der Waals surface area contributed by atoms with Crippen LogP contribution in [-0.2, 0) is 10.0 Å². The van der Waals surface area contributed by atoms with Gasteiger partial charge in [-0.2, -0.15) is 0 Å². The van der Waals surface area contributed by atoms with E-state index < -0.39 is 14.9 Å². The number of rotatable bonds is 8. The van der Waals surface area contributed by atoms with Gasteiger partial charge < -0.3 is 4.42 Å². The molecule has 9 heteroatoms. The third-order valence-corrected chi connectivity index (χ3v) is 5.52. The first kappa shape index (κ1) is 21.0. The molecule has 0 saturated heterocycles. The van der Waals surface area contributed by atoms with E-state index in [1.165, 1.54) is 49.4 Å². The van der Waals surface area contributed by atoms with Gasteiger partial charge in [0.1, 0.15) is 11.5 Å². The Labute approximate surface area is 173 Å². The van der Waals surface area contributed by atoms with Gasteiger partial charge in [0, 0.05) is 17.3 Å². The summed E-state index contributed by atoms with van der Waals surface area (Å²) in [6.07, 6.45) is 2.78. The van der Waals surface area contributed by atoms with E-state index in [4.69, 9.17) is 4.42 Å². The Morgan fingerprint density at radius 2 is 1.80 bits per heavy atom. The molecule has 1 heterocycles. The van der Waals surface area contributed by atoms with Gasteiger partial charge in [-0.15, -0.1) is 0 Å². The Hall–Kier alpha value is -3.72. The summed E-state index contributed by atoms with van der Waals surface area (Å²) in [7, 11) is -3.38. The van der Waals surface area contributed by atoms with Crippen LogP contribution >= 0.6 is 0 Å². The normalized spacial score (nSPS) is 11.5. The van der Waals surface area contributed by atoms with Crippen molar-refractivity contribution >= 4 is 33.3 Å². The van der Waals surface area contributed by atoms with E-state index in [1.807, 2.05) is 0 Å². The number of benzene rings is 2. The van der Waals surface area contributed by atoms with Gasteiger partial charge in [0.05, 0.1) is 16.2 Å². The van der Waals surface area contributed by atoms with Crippen molar-refractivity contribution in [1.29, 1.82) is 0 Å². The molecular formula is C21H18N2O6S. The van der Waals surface area contributed by atoms with Crippen LogP contribution in [0, 0.1) is 10.1 Å². The zero-order valence-corrected chi connectivity index (χ0v) is 16.8. The van der Waals surface area contributed by atoms with Crippen LogP contribution in [0.4, 0.5) is 11.4 Å². The molecule has 0 radical (unpaired) electrons. The van der Waals surface area contributed by atoms with E-state index in [0.29, 0.717) is 28.3 Å². The summed E-state index contributed by atoms with van der Waals surface area (Å²) in [5.41, 5.74) is 1.02. The number of furan rings is 1. The zero-order valence-electron chi connectivity index (χ0n) is 15.9. The zero-order chi connectivity index (χ0) is 21.7. The van der Waals surface area contributed by atoms with Crippen LogP contribution < -0.4 is 4.72 Å². The topological polar surface area (TPSA) is 120 Å². The largest absolute Gasteiger partial charge is 0.456 e. The van der Waals surface area contributed by atoms with E-state index in [9.17, 15) is 23.3 Å². The maximum Gasteiger partial charge on any atom is 0.280 e. The molecule has 0 amide bonds. The molecule has 0 aliphatic carbocycles. The van der Waals surface area contributed by atoms with Crippen LogP contribution in [0.3, 0.4) is 0 Å². The fourth-order valence-corrected chi connectivity index (χ4v) is 3.28. The molecule has 0 unspecified atom stereocenters. The number of nitro benzene ring substituents is 1. The number of ketones is 1. The maximum absolute atomic E-state index is 12.3. The lowest BCUT2D eigenvalue weighted by Crippen LogP contribution is -2.14. The van der Waals surface area contributed by atoms with E-state index in [1.54, 1.807) is 30.3 Å². The summed E-state index contributed by atoms with van der Waals surface area (Å²) in [5, 5.41) is 11.2. The molecule has 0 saturated carbocycles. The third-order valence-electron chi connectivity index (χ3n) is 4.21. The van der Waals surface area contributed by atoms with Crippen LogP contribution in [0.25, 0.3) is 17.4 Å². The second-order valence-corrected chi connectivity index (χ2v) is 8.27. The Morgan fingerprint density at radius 3 is 2.47 bits per heavy atom. The fourth-order valence-electron chi connectivity index (χ4n) is 2.64. The maximum atomic E-state index is 12.3. The highest BCUT2D eigenvalue weighted by molar-refractivity contribution is 7.92. The lowest BCUT2D eigenvalue weighted by Gasteiger charge is -2.06. The summed E-state index contributed by atoms with van der Waals surface area (Å²) in [5.74, 6) is 0.336. The fraction of sp³-hybridized carbons (Fsp3) is 0.0952. The van der Waals surface area contributed by atoms with Crippen LogP contribution in [-0.4, -0.2) is 24.9 Å². The first-order valence-corrected chi connectivity index (χ1v) is 10.6. The lowest BCUT2D eigenvalue weighted by molar-refractivity contribution is -0.384. The second-order valence-electron chi connectivity index (χ2n) is 6.26. The summed E-state index contributed by atoms with van der Waals surface area (Å²) in [6, 6.07) is 15.5. The predicted octanol–water partition coefficient (Wildman–Crippen LogP) is 4.51. The van der Waals surface area contributed by atoms with Gasteiger partial charge in [0.2, 0.25) is 10.0 Å². The van der Waals surface area contributed by atoms with Crippen molar-refractivity contribution in [3.8, 4) is 11.3 Å². The number of nitro groups is 1. The summed E-state index contributed by atoms with van der Waals surface area (Å²) in [4.78, 5) is 23.0. The van der Waals surface area contributed by atoms with Gasteiger partial charge in [-0.05, 0) is 61.5 Å². The van der Waals surface area contributed by atoms with E-state index in [0.717, 1.165) is 0 Å². The monoisotopic (exact) mass is 426 g/mol. The van der Waals surface area contributed by atoms with E-state index in [2.05, 4.69) is 4.72 Å². The van der Waals surface area contributed by atoms with Crippen molar-refractivity contribution in [3.63, 3.8) is 0 Å². The van der Waals surface area contributed by atoms with Gasteiger partial charge in [0.15, 0.2) is 5.78 Å². The number of nitrogens with zero attached hydrogens (tertiary/aromatic N) is 1. The minimum absolute atomic E-state index is 0.0479. The number of allylic oxidation sites excluding steroid dienone is 1. The average molecular weight is 426 g/mol. The first-order chi connectivity index (χ1) is 14.3. The SMILES string of the molecule is CCS(=O)(=O)Nc1ccc(C(=O)/C=C/c2ccc(-c3ccccc3[N+](=O)[O-])o2)cc1. The highest BCUT2D eigenvalue weighted by Gasteiger charge is 2.16. The Kier molecular flexibility index (Phi) is 6.12. The number of carbonyl (C=O) groups is 1. The molecule has 3 aromatic rings. The molecule has 1 aromatic heterocycles. The number of hydrogen-bond acceptors (Lipinski definition) is 6. The second kappa shape index (κ2) is 8.75. The summed E-state index contributed by atoms with van der Waals surface area (Å²) >= 11 is 0. The molecule has 0 aliphatic rings. The molecule has 3 rings (SSSR count). The number of nitrogens with one attached hydrogen (secondary N) is 1. The standard InChI is InChI=1S/C21H18N2O6S/c1-2-30(27,28)22-16-9-7-15(8-10-16)20(24)13-11-17-12-14-21(29-17)18-5-3-4-6-19(18)23(25)26/h3-14,22H,2H2,1H3/b13-11+. The van der Waals surface area contributed by atoms with Crippen molar-refractivity contribution in [1.82, 2.24) is 0 Å². The molecule has 0 spiro atoms. The van der Waals surface area contributed by atoms with Gasteiger partial charge >= 0.3 is 0 Å². The minimum atomic E-state index is -3.38. The van der Waals surface area contributed by atoms with Gasteiger partial charge in [0.25, 0.3) is 5.69 Å². The molecule has 2 aromatic carbocycles. The molecular weight excluding hydrogens is 408 g/mol. The van der Waals surface area contributed by atoms with E-state index >= 15 is 0 Å². The van der Waals surface area contributed by atoms with Crippen LogP contribution in [0.1, 0.15) is 23.0 Å².